The maximum Gasteiger partial charge on any atom is 0.140 e. The molecular weight excluding hydrogens is 349 g/mol. The van der Waals surface area contributed by atoms with E-state index in [1.807, 2.05) is 36.4 Å². The van der Waals surface area contributed by atoms with E-state index >= 15 is 0 Å². The Balaban J connectivity index is 2.05. The van der Waals surface area contributed by atoms with Crippen molar-refractivity contribution in [1.29, 1.82) is 0 Å². The van der Waals surface area contributed by atoms with Crippen molar-refractivity contribution in [3.05, 3.63) is 57.7 Å². The number of hydrogen-bond acceptors (Lipinski definition) is 2. The predicted molar refractivity (Wildman–Crippen MR) is 87.6 cm³/mol. The Kier molecular flexibility index (Phi) is 5.22. The molecule has 0 amide bonds. The molecule has 0 radical (unpaired) electrons. The molecule has 0 heterocycles. The molecule has 0 aliphatic carbocycles. The quantitative estimate of drug-likeness (QED) is 0.797. The molecule has 0 aliphatic rings. The van der Waals surface area contributed by atoms with Crippen LogP contribution >= 0.6 is 22.6 Å². The van der Waals surface area contributed by atoms with E-state index in [2.05, 4.69) is 41.6 Å². The maximum atomic E-state index is 5.95. The van der Waals surface area contributed by atoms with Crippen LogP contribution in [0.15, 0.2) is 48.5 Å². The zero-order valence-electron chi connectivity index (χ0n) is 11.0. The lowest BCUT2D eigenvalue weighted by molar-refractivity contribution is 0.479. The number of rotatable bonds is 5. The first-order chi connectivity index (χ1) is 9.19. The fourth-order valence-electron chi connectivity index (χ4n) is 1.80. The summed E-state index contributed by atoms with van der Waals surface area (Å²) in [5.74, 6) is 1.75. The van der Waals surface area contributed by atoms with Crippen molar-refractivity contribution >= 4 is 22.6 Å². The molecule has 0 aliphatic heterocycles. The van der Waals surface area contributed by atoms with Gasteiger partial charge in [0.2, 0.25) is 0 Å². The molecule has 0 saturated carbocycles. The summed E-state index contributed by atoms with van der Waals surface area (Å²) in [5, 5.41) is 0. The Morgan fingerprint density at radius 3 is 2.42 bits per heavy atom. The molecule has 2 rings (SSSR count). The van der Waals surface area contributed by atoms with E-state index in [9.17, 15) is 0 Å². The minimum atomic E-state index is 0.238. The molecule has 100 valence electrons. The van der Waals surface area contributed by atoms with E-state index in [0.29, 0.717) is 0 Å². The van der Waals surface area contributed by atoms with Gasteiger partial charge in [-0.1, -0.05) is 31.2 Å². The summed E-state index contributed by atoms with van der Waals surface area (Å²) in [6, 6.07) is 16.4. The van der Waals surface area contributed by atoms with Gasteiger partial charge in [-0.05, 0) is 65.3 Å². The van der Waals surface area contributed by atoms with Crippen molar-refractivity contribution in [3.8, 4) is 11.5 Å². The van der Waals surface area contributed by atoms with Crippen LogP contribution in [-0.2, 0) is 6.42 Å². The van der Waals surface area contributed by atoms with Crippen molar-refractivity contribution < 1.29 is 4.74 Å². The van der Waals surface area contributed by atoms with Gasteiger partial charge in [0.1, 0.15) is 11.5 Å². The van der Waals surface area contributed by atoms with Crippen molar-refractivity contribution in [2.24, 2.45) is 5.73 Å². The minimum absolute atomic E-state index is 0.238. The van der Waals surface area contributed by atoms with E-state index < -0.39 is 0 Å². The Bertz CT molecular complexity index is 525. The van der Waals surface area contributed by atoms with Crippen LogP contribution in [0.1, 0.15) is 18.9 Å². The third kappa shape index (κ3) is 4.21. The molecule has 0 fully saturated rings. The highest BCUT2D eigenvalue weighted by Gasteiger charge is 2.04. The lowest BCUT2D eigenvalue weighted by Gasteiger charge is -2.10. The second kappa shape index (κ2) is 6.91. The van der Waals surface area contributed by atoms with E-state index in [0.717, 1.165) is 27.9 Å². The fraction of sp³-hybridized carbons (Fsp3) is 0.250. The van der Waals surface area contributed by atoms with Crippen molar-refractivity contribution in [2.75, 3.05) is 0 Å². The van der Waals surface area contributed by atoms with Gasteiger partial charge in [-0.3, -0.25) is 0 Å². The van der Waals surface area contributed by atoms with E-state index in [1.54, 1.807) is 0 Å². The summed E-state index contributed by atoms with van der Waals surface area (Å²) >= 11 is 2.27. The Labute approximate surface area is 128 Å². The fourth-order valence-corrected chi connectivity index (χ4v) is 2.29. The second-order valence-corrected chi connectivity index (χ2v) is 5.71. The normalized spacial score (nSPS) is 12.2. The molecule has 0 bridgehead atoms. The molecule has 1 unspecified atom stereocenters. The van der Waals surface area contributed by atoms with Gasteiger partial charge in [0, 0.05) is 6.04 Å². The van der Waals surface area contributed by atoms with Gasteiger partial charge in [0.05, 0.1) is 3.57 Å². The molecule has 3 heteroatoms. The Hall–Kier alpha value is -1.07. The highest BCUT2D eigenvalue weighted by molar-refractivity contribution is 14.1. The molecule has 2 aromatic rings. The Morgan fingerprint density at radius 2 is 1.79 bits per heavy atom. The SMILES string of the molecule is CCC(N)Cc1ccc(Oc2ccccc2I)cc1. The second-order valence-electron chi connectivity index (χ2n) is 4.55. The van der Waals surface area contributed by atoms with Gasteiger partial charge in [-0.25, -0.2) is 0 Å². The van der Waals surface area contributed by atoms with Crippen molar-refractivity contribution in [1.82, 2.24) is 0 Å². The number of para-hydroxylation sites is 1. The summed E-state index contributed by atoms with van der Waals surface area (Å²) in [6.07, 6.45) is 1.92. The topological polar surface area (TPSA) is 35.2 Å². The highest BCUT2D eigenvalue weighted by Crippen LogP contribution is 2.26. The largest absolute Gasteiger partial charge is 0.456 e. The Morgan fingerprint density at radius 1 is 1.11 bits per heavy atom. The van der Waals surface area contributed by atoms with E-state index in [-0.39, 0.29) is 6.04 Å². The monoisotopic (exact) mass is 367 g/mol. The number of benzene rings is 2. The summed E-state index contributed by atoms with van der Waals surface area (Å²) in [5.41, 5.74) is 7.21. The number of halogens is 1. The first kappa shape index (κ1) is 14.3. The van der Waals surface area contributed by atoms with Gasteiger partial charge in [0.25, 0.3) is 0 Å². The number of ether oxygens (including phenoxy) is 1. The standard InChI is InChI=1S/C16H18INO/c1-2-13(18)11-12-7-9-14(10-8-12)19-16-6-4-3-5-15(16)17/h3-10,13H,2,11,18H2,1H3. The molecule has 19 heavy (non-hydrogen) atoms. The predicted octanol–water partition coefficient (Wildman–Crippen LogP) is 4.36. The third-order valence-electron chi connectivity index (χ3n) is 3.01. The van der Waals surface area contributed by atoms with Crippen LogP contribution in [0.5, 0.6) is 11.5 Å². The lowest BCUT2D eigenvalue weighted by atomic mass is 10.0. The van der Waals surface area contributed by atoms with Crippen LogP contribution < -0.4 is 10.5 Å². The van der Waals surface area contributed by atoms with Crippen LogP contribution in [-0.4, -0.2) is 6.04 Å². The first-order valence-corrected chi connectivity index (χ1v) is 7.54. The van der Waals surface area contributed by atoms with E-state index in [1.165, 1.54) is 5.56 Å². The van der Waals surface area contributed by atoms with E-state index in [4.69, 9.17) is 10.5 Å². The average molecular weight is 367 g/mol. The third-order valence-corrected chi connectivity index (χ3v) is 3.90. The lowest BCUT2D eigenvalue weighted by Crippen LogP contribution is -2.21. The first-order valence-electron chi connectivity index (χ1n) is 6.46. The van der Waals surface area contributed by atoms with Gasteiger partial charge >= 0.3 is 0 Å². The van der Waals surface area contributed by atoms with Crippen LogP contribution in [0.2, 0.25) is 0 Å². The molecule has 0 spiro atoms. The van der Waals surface area contributed by atoms with Crippen LogP contribution in [0, 0.1) is 3.57 Å². The van der Waals surface area contributed by atoms with Gasteiger partial charge in [0.15, 0.2) is 0 Å². The summed E-state index contributed by atoms with van der Waals surface area (Å²) < 4.78 is 6.97. The van der Waals surface area contributed by atoms with Gasteiger partial charge in [-0.15, -0.1) is 0 Å². The summed E-state index contributed by atoms with van der Waals surface area (Å²) in [4.78, 5) is 0. The molecule has 2 aromatic carbocycles. The van der Waals surface area contributed by atoms with Crippen LogP contribution in [0.4, 0.5) is 0 Å². The van der Waals surface area contributed by atoms with Crippen molar-refractivity contribution in [3.63, 3.8) is 0 Å². The summed E-state index contributed by atoms with van der Waals surface area (Å²) in [6.45, 7) is 2.11. The zero-order chi connectivity index (χ0) is 13.7. The maximum absolute atomic E-state index is 5.95. The summed E-state index contributed by atoms with van der Waals surface area (Å²) in [7, 11) is 0. The molecule has 2 N–H and O–H groups in total. The molecule has 1 atom stereocenters. The van der Waals surface area contributed by atoms with Gasteiger partial charge < -0.3 is 10.5 Å². The molecule has 2 nitrogen and oxygen atoms in total. The average Bonchev–Trinajstić information content (AvgIpc) is 2.43. The number of nitrogens with two attached hydrogens (primary N) is 1. The highest BCUT2D eigenvalue weighted by atomic mass is 127. The van der Waals surface area contributed by atoms with Crippen LogP contribution in [0.3, 0.4) is 0 Å². The zero-order valence-corrected chi connectivity index (χ0v) is 13.1. The molecule has 0 saturated heterocycles. The van der Waals surface area contributed by atoms with Gasteiger partial charge in [-0.2, -0.15) is 0 Å². The molecular formula is C16H18INO. The number of hydrogen-bond donors (Lipinski definition) is 1. The van der Waals surface area contributed by atoms with Crippen LogP contribution in [0.25, 0.3) is 0 Å². The molecule has 0 aromatic heterocycles. The minimum Gasteiger partial charge on any atom is -0.456 e. The smallest absolute Gasteiger partial charge is 0.140 e. The van der Waals surface area contributed by atoms with Crippen molar-refractivity contribution in [2.45, 2.75) is 25.8 Å².